The van der Waals surface area contributed by atoms with Gasteiger partial charge in [0.2, 0.25) is 0 Å². The molecular weight excluding hydrogens is 330 g/mol. The van der Waals surface area contributed by atoms with Crippen molar-refractivity contribution in [2.24, 2.45) is 0 Å². The lowest BCUT2D eigenvalue weighted by atomic mass is 10.2. The van der Waals surface area contributed by atoms with Crippen LogP contribution in [0.4, 0.5) is 0 Å². The van der Waals surface area contributed by atoms with Gasteiger partial charge in [0, 0.05) is 28.7 Å². The molecule has 2 rings (SSSR count). The summed E-state index contributed by atoms with van der Waals surface area (Å²) in [5.41, 5.74) is 1.11. The van der Waals surface area contributed by atoms with E-state index in [-0.39, 0.29) is 0 Å². The molecule has 0 atom stereocenters. The molecule has 0 radical (unpaired) electrons. The molecule has 0 aromatic heterocycles. The zero-order chi connectivity index (χ0) is 15.2. The minimum absolute atomic E-state index is 0.425. The predicted molar refractivity (Wildman–Crippen MR) is 89.2 cm³/mol. The lowest BCUT2D eigenvalue weighted by molar-refractivity contribution is 0.408. The van der Waals surface area contributed by atoms with Gasteiger partial charge in [0.1, 0.15) is 17.2 Å². The molecule has 0 bridgehead atoms. The molecule has 0 amide bonds. The van der Waals surface area contributed by atoms with Gasteiger partial charge in [0.05, 0.1) is 7.11 Å². The fourth-order valence-electron chi connectivity index (χ4n) is 1.89. The Morgan fingerprint density at radius 2 is 1.86 bits per heavy atom. The summed E-state index contributed by atoms with van der Waals surface area (Å²) < 4.78 is 12.3. The molecular formula is C17H20BrNO2. The van der Waals surface area contributed by atoms with E-state index < -0.39 is 0 Å². The molecule has 0 spiro atoms. The molecule has 0 aliphatic carbocycles. The van der Waals surface area contributed by atoms with Crippen LogP contribution in [0.2, 0.25) is 0 Å². The monoisotopic (exact) mass is 349 g/mol. The quantitative estimate of drug-likeness (QED) is 0.816. The van der Waals surface area contributed by atoms with Crippen LogP contribution in [-0.4, -0.2) is 13.2 Å². The van der Waals surface area contributed by atoms with E-state index in [1.54, 1.807) is 7.11 Å². The van der Waals surface area contributed by atoms with E-state index >= 15 is 0 Å². The van der Waals surface area contributed by atoms with Gasteiger partial charge in [-0.2, -0.15) is 0 Å². The first-order valence-electron chi connectivity index (χ1n) is 6.92. The molecule has 0 aliphatic heterocycles. The molecule has 0 unspecified atom stereocenters. The summed E-state index contributed by atoms with van der Waals surface area (Å²) in [6.45, 7) is 5.01. The van der Waals surface area contributed by atoms with Gasteiger partial charge in [0.25, 0.3) is 0 Å². The number of nitrogens with one attached hydrogen (secondary N) is 1. The largest absolute Gasteiger partial charge is 0.497 e. The summed E-state index contributed by atoms with van der Waals surface area (Å²) >= 11 is 3.51. The van der Waals surface area contributed by atoms with Crippen LogP contribution < -0.4 is 14.8 Å². The van der Waals surface area contributed by atoms with Crippen molar-refractivity contribution in [1.82, 2.24) is 5.32 Å². The molecule has 0 heterocycles. The molecule has 0 aliphatic rings. The molecule has 2 aromatic carbocycles. The average molecular weight is 350 g/mol. The highest BCUT2D eigenvalue weighted by Crippen LogP contribution is 2.29. The maximum Gasteiger partial charge on any atom is 0.131 e. The Kier molecular flexibility index (Phi) is 5.65. The first-order valence-corrected chi connectivity index (χ1v) is 7.71. The molecule has 21 heavy (non-hydrogen) atoms. The van der Waals surface area contributed by atoms with Gasteiger partial charge in [-0.25, -0.2) is 0 Å². The molecule has 1 N–H and O–H groups in total. The van der Waals surface area contributed by atoms with Gasteiger partial charge in [-0.05, 0) is 30.3 Å². The minimum Gasteiger partial charge on any atom is -0.497 e. The Bertz CT molecular complexity index is 599. The number of hydrogen-bond donors (Lipinski definition) is 1. The highest BCUT2D eigenvalue weighted by Gasteiger charge is 2.07. The van der Waals surface area contributed by atoms with E-state index in [9.17, 15) is 0 Å². The van der Waals surface area contributed by atoms with Crippen molar-refractivity contribution in [2.45, 2.75) is 26.4 Å². The molecule has 0 saturated heterocycles. The fraction of sp³-hybridized carbons (Fsp3) is 0.294. The van der Waals surface area contributed by atoms with Gasteiger partial charge in [-0.15, -0.1) is 0 Å². The van der Waals surface area contributed by atoms with Crippen molar-refractivity contribution in [3.05, 3.63) is 52.5 Å². The van der Waals surface area contributed by atoms with Crippen LogP contribution in [-0.2, 0) is 6.54 Å². The molecule has 0 saturated carbocycles. The molecule has 112 valence electrons. The molecule has 0 fully saturated rings. The number of methoxy groups -OCH3 is 1. The number of rotatable bonds is 6. The third-order valence-corrected chi connectivity index (χ3v) is 3.49. The van der Waals surface area contributed by atoms with Crippen LogP contribution in [0.1, 0.15) is 19.4 Å². The van der Waals surface area contributed by atoms with Crippen LogP contribution in [0.5, 0.6) is 17.2 Å². The number of hydrogen-bond acceptors (Lipinski definition) is 3. The average Bonchev–Trinajstić information content (AvgIpc) is 2.47. The Hall–Kier alpha value is -1.52. The van der Waals surface area contributed by atoms with Gasteiger partial charge in [-0.1, -0.05) is 35.8 Å². The maximum atomic E-state index is 6.00. The van der Waals surface area contributed by atoms with Crippen molar-refractivity contribution in [3.63, 3.8) is 0 Å². The van der Waals surface area contributed by atoms with Crippen molar-refractivity contribution in [2.75, 3.05) is 7.11 Å². The lowest BCUT2D eigenvalue weighted by Crippen LogP contribution is -2.22. The van der Waals surface area contributed by atoms with Crippen LogP contribution in [0.15, 0.2) is 46.9 Å². The van der Waals surface area contributed by atoms with Crippen LogP contribution in [0.25, 0.3) is 0 Å². The summed E-state index contributed by atoms with van der Waals surface area (Å²) in [7, 11) is 1.65. The Morgan fingerprint density at radius 3 is 2.57 bits per heavy atom. The second-order valence-electron chi connectivity index (χ2n) is 5.07. The third-order valence-electron chi connectivity index (χ3n) is 2.99. The smallest absolute Gasteiger partial charge is 0.131 e. The van der Waals surface area contributed by atoms with Crippen molar-refractivity contribution in [1.29, 1.82) is 0 Å². The SMILES string of the molecule is COc1cccc(Oc2ccc(Br)cc2CNC(C)C)c1. The van der Waals surface area contributed by atoms with Gasteiger partial charge < -0.3 is 14.8 Å². The summed E-state index contributed by atoms with van der Waals surface area (Å²) in [6.07, 6.45) is 0. The predicted octanol–water partition coefficient (Wildman–Crippen LogP) is 4.75. The van der Waals surface area contributed by atoms with E-state index in [4.69, 9.17) is 9.47 Å². The fourth-order valence-corrected chi connectivity index (χ4v) is 2.30. The van der Waals surface area contributed by atoms with E-state index in [0.717, 1.165) is 33.8 Å². The van der Waals surface area contributed by atoms with E-state index in [2.05, 4.69) is 41.2 Å². The highest BCUT2D eigenvalue weighted by molar-refractivity contribution is 9.10. The van der Waals surface area contributed by atoms with E-state index in [1.165, 1.54) is 0 Å². The lowest BCUT2D eigenvalue weighted by Gasteiger charge is -2.14. The van der Waals surface area contributed by atoms with Crippen LogP contribution >= 0.6 is 15.9 Å². The van der Waals surface area contributed by atoms with Gasteiger partial charge >= 0.3 is 0 Å². The summed E-state index contributed by atoms with van der Waals surface area (Å²) in [5.74, 6) is 2.40. The third kappa shape index (κ3) is 4.76. The maximum absolute atomic E-state index is 6.00. The Labute approximate surface area is 134 Å². The zero-order valence-electron chi connectivity index (χ0n) is 12.5. The Balaban J connectivity index is 2.21. The number of halogens is 1. The van der Waals surface area contributed by atoms with Gasteiger partial charge in [0.15, 0.2) is 0 Å². The van der Waals surface area contributed by atoms with E-state index in [1.807, 2.05) is 36.4 Å². The first-order chi connectivity index (χ1) is 10.1. The van der Waals surface area contributed by atoms with E-state index in [0.29, 0.717) is 6.04 Å². The standard InChI is InChI=1S/C17H20BrNO2/c1-12(2)19-11-13-9-14(18)7-8-17(13)21-16-6-4-5-15(10-16)20-3/h4-10,12,19H,11H2,1-3H3. The molecule has 3 nitrogen and oxygen atoms in total. The van der Waals surface area contributed by atoms with Crippen LogP contribution in [0.3, 0.4) is 0 Å². The Morgan fingerprint density at radius 1 is 1.10 bits per heavy atom. The highest BCUT2D eigenvalue weighted by atomic mass is 79.9. The molecule has 4 heteroatoms. The first kappa shape index (κ1) is 15.9. The second-order valence-corrected chi connectivity index (χ2v) is 5.98. The summed E-state index contributed by atoms with van der Waals surface area (Å²) in [6, 6.07) is 14.1. The summed E-state index contributed by atoms with van der Waals surface area (Å²) in [4.78, 5) is 0. The van der Waals surface area contributed by atoms with Crippen LogP contribution in [0, 0.1) is 0 Å². The second kappa shape index (κ2) is 7.48. The van der Waals surface area contributed by atoms with Crippen molar-refractivity contribution < 1.29 is 9.47 Å². The summed E-state index contributed by atoms with van der Waals surface area (Å²) in [5, 5.41) is 3.41. The molecule has 2 aromatic rings. The minimum atomic E-state index is 0.425. The topological polar surface area (TPSA) is 30.5 Å². The zero-order valence-corrected chi connectivity index (χ0v) is 14.1. The van der Waals surface area contributed by atoms with Gasteiger partial charge in [-0.3, -0.25) is 0 Å². The van der Waals surface area contributed by atoms with Crippen molar-refractivity contribution in [3.8, 4) is 17.2 Å². The number of ether oxygens (including phenoxy) is 2. The normalized spacial score (nSPS) is 10.7. The number of benzene rings is 2. The van der Waals surface area contributed by atoms with Crippen molar-refractivity contribution >= 4 is 15.9 Å².